The SMILES string of the molecule is CC1CCCCC1CNC1CCC(C)(C)CC1. The molecule has 2 unspecified atom stereocenters. The van der Waals surface area contributed by atoms with Crippen LogP contribution in [0.25, 0.3) is 0 Å². The summed E-state index contributed by atoms with van der Waals surface area (Å²) in [4.78, 5) is 0. The predicted molar refractivity (Wildman–Crippen MR) is 75.2 cm³/mol. The maximum atomic E-state index is 3.86. The van der Waals surface area contributed by atoms with Crippen molar-refractivity contribution in [2.24, 2.45) is 17.3 Å². The second kappa shape index (κ2) is 5.73. The summed E-state index contributed by atoms with van der Waals surface area (Å²) in [6, 6.07) is 0.817. The maximum Gasteiger partial charge on any atom is 0.00675 e. The molecule has 0 aromatic carbocycles. The summed E-state index contributed by atoms with van der Waals surface area (Å²) in [6.45, 7) is 8.58. The molecule has 2 aliphatic rings. The van der Waals surface area contributed by atoms with Gasteiger partial charge >= 0.3 is 0 Å². The largest absolute Gasteiger partial charge is 0.314 e. The quantitative estimate of drug-likeness (QED) is 0.768. The van der Waals surface area contributed by atoms with E-state index in [4.69, 9.17) is 0 Å². The Bertz CT molecular complexity index is 224. The molecule has 0 amide bonds. The third-order valence-electron chi connectivity index (χ3n) is 5.30. The van der Waals surface area contributed by atoms with Crippen LogP contribution in [0, 0.1) is 17.3 Å². The van der Waals surface area contributed by atoms with Crippen LogP contribution >= 0.6 is 0 Å². The predicted octanol–water partition coefficient (Wildman–Crippen LogP) is 4.37. The van der Waals surface area contributed by atoms with Gasteiger partial charge in [-0.05, 0) is 55.9 Å². The van der Waals surface area contributed by atoms with E-state index in [1.54, 1.807) is 0 Å². The third kappa shape index (κ3) is 3.98. The van der Waals surface area contributed by atoms with Crippen LogP contribution in [0.4, 0.5) is 0 Å². The molecule has 100 valence electrons. The van der Waals surface area contributed by atoms with E-state index < -0.39 is 0 Å². The molecule has 2 rings (SSSR count). The molecule has 0 aliphatic heterocycles. The highest BCUT2D eigenvalue weighted by atomic mass is 14.9. The van der Waals surface area contributed by atoms with Crippen molar-refractivity contribution in [2.75, 3.05) is 6.54 Å². The van der Waals surface area contributed by atoms with Gasteiger partial charge in [0, 0.05) is 6.04 Å². The van der Waals surface area contributed by atoms with Crippen molar-refractivity contribution in [3.63, 3.8) is 0 Å². The van der Waals surface area contributed by atoms with Gasteiger partial charge in [-0.15, -0.1) is 0 Å². The van der Waals surface area contributed by atoms with Gasteiger partial charge in [-0.3, -0.25) is 0 Å². The Morgan fingerprint density at radius 2 is 1.65 bits per heavy atom. The number of hydrogen-bond acceptors (Lipinski definition) is 1. The zero-order valence-corrected chi connectivity index (χ0v) is 12.1. The van der Waals surface area contributed by atoms with Crippen molar-refractivity contribution >= 4 is 0 Å². The fraction of sp³-hybridized carbons (Fsp3) is 1.00. The summed E-state index contributed by atoms with van der Waals surface area (Å²) in [5.41, 5.74) is 0.607. The van der Waals surface area contributed by atoms with E-state index in [9.17, 15) is 0 Å². The molecule has 1 heteroatoms. The molecular weight excluding hydrogens is 206 g/mol. The summed E-state index contributed by atoms with van der Waals surface area (Å²) < 4.78 is 0. The molecule has 2 fully saturated rings. The van der Waals surface area contributed by atoms with Crippen molar-refractivity contribution in [3.8, 4) is 0 Å². The van der Waals surface area contributed by atoms with Crippen LogP contribution in [0.2, 0.25) is 0 Å². The molecule has 0 saturated heterocycles. The molecule has 1 nitrogen and oxygen atoms in total. The fourth-order valence-corrected chi connectivity index (χ4v) is 3.62. The van der Waals surface area contributed by atoms with Gasteiger partial charge in [0.2, 0.25) is 0 Å². The van der Waals surface area contributed by atoms with E-state index in [0.29, 0.717) is 5.41 Å². The molecule has 1 N–H and O–H groups in total. The van der Waals surface area contributed by atoms with Crippen LogP contribution in [-0.2, 0) is 0 Å². The standard InChI is InChI=1S/C16H31N/c1-13-6-4-5-7-14(13)12-17-15-8-10-16(2,3)11-9-15/h13-15,17H,4-12H2,1-3H3. The topological polar surface area (TPSA) is 12.0 Å². The van der Waals surface area contributed by atoms with Crippen molar-refractivity contribution in [2.45, 2.75) is 78.2 Å². The Labute approximate surface area is 108 Å². The smallest absolute Gasteiger partial charge is 0.00675 e. The average molecular weight is 237 g/mol. The first kappa shape index (κ1) is 13.4. The van der Waals surface area contributed by atoms with Gasteiger partial charge in [0.15, 0.2) is 0 Å². The molecule has 0 bridgehead atoms. The van der Waals surface area contributed by atoms with Gasteiger partial charge in [-0.1, -0.05) is 40.0 Å². The molecule has 0 aromatic rings. The van der Waals surface area contributed by atoms with Crippen molar-refractivity contribution in [1.82, 2.24) is 5.32 Å². The molecule has 17 heavy (non-hydrogen) atoms. The Hall–Kier alpha value is -0.0400. The van der Waals surface area contributed by atoms with E-state index in [2.05, 4.69) is 26.1 Å². The Morgan fingerprint density at radius 3 is 2.29 bits per heavy atom. The Balaban J connectivity index is 1.68. The van der Waals surface area contributed by atoms with E-state index in [1.165, 1.54) is 57.9 Å². The first-order chi connectivity index (χ1) is 8.07. The molecular formula is C16H31N. The van der Waals surface area contributed by atoms with Crippen molar-refractivity contribution in [1.29, 1.82) is 0 Å². The van der Waals surface area contributed by atoms with Crippen LogP contribution in [-0.4, -0.2) is 12.6 Å². The minimum atomic E-state index is 0.607. The lowest BCUT2D eigenvalue weighted by Gasteiger charge is -2.36. The number of hydrogen-bond donors (Lipinski definition) is 1. The monoisotopic (exact) mass is 237 g/mol. The Morgan fingerprint density at radius 1 is 1.00 bits per heavy atom. The molecule has 0 aromatic heterocycles. The summed E-state index contributed by atoms with van der Waals surface area (Å²) >= 11 is 0. The number of nitrogens with one attached hydrogen (secondary N) is 1. The van der Waals surface area contributed by atoms with Gasteiger partial charge in [-0.2, -0.15) is 0 Å². The second-order valence-corrected chi connectivity index (χ2v) is 7.37. The highest BCUT2D eigenvalue weighted by molar-refractivity contribution is 4.83. The van der Waals surface area contributed by atoms with Gasteiger partial charge in [-0.25, -0.2) is 0 Å². The maximum absolute atomic E-state index is 3.86. The van der Waals surface area contributed by atoms with Crippen LogP contribution in [0.15, 0.2) is 0 Å². The van der Waals surface area contributed by atoms with E-state index in [1.807, 2.05) is 0 Å². The van der Waals surface area contributed by atoms with Gasteiger partial charge in [0.05, 0.1) is 0 Å². The molecule has 2 aliphatic carbocycles. The zero-order valence-electron chi connectivity index (χ0n) is 12.1. The first-order valence-electron chi connectivity index (χ1n) is 7.80. The van der Waals surface area contributed by atoms with Crippen LogP contribution in [0.5, 0.6) is 0 Å². The number of rotatable bonds is 3. The van der Waals surface area contributed by atoms with E-state index in [-0.39, 0.29) is 0 Å². The summed E-state index contributed by atoms with van der Waals surface area (Å²) in [5, 5.41) is 3.86. The lowest BCUT2D eigenvalue weighted by Crippen LogP contribution is -2.39. The van der Waals surface area contributed by atoms with Gasteiger partial charge in [0.25, 0.3) is 0 Å². The van der Waals surface area contributed by atoms with Crippen LogP contribution in [0.1, 0.15) is 72.1 Å². The van der Waals surface area contributed by atoms with Gasteiger partial charge in [0.1, 0.15) is 0 Å². The van der Waals surface area contributed by atoms with Gasteiger partial charge < -0.3 is 5.32 Å². The zero-order chi connectivity index (χ0) is 12.3. The fourth-order valence-electron chi connectivity index (χ4n) is 3.62. The second-order valence-electron chi connectivity index (χ2n) is 7.37. The summed E-state index contributed by atoms with van der Waals surface area (Å²) in [5.74, 6) is 1.91. The molecule has 0 heterocycles. The van der Waals surface area contributed by atoms with E-state index in [0.717, 1.165) is 17.9 Å². The highest BCUT2D eigenvalue weighted by Crippen LogP contribution is 2.35. The summed E-state index contributed by atoms with van der Waals surface area (Å²) in [6.07, 6.45) is 11.5. The van der Waals surface area contributed by atoms with Crippen LogP contribution in [0.3, 0.4) is 0 Å². The summed E-state index contributed by atoms with van der Waals surface area (Å²) in [7, 11) is 0. The van der Waals surface area contributed by atoms with Crippen molar-refractivity contribution in [3.05, 3.63) is 0 Å². The van der Waals surface area contributed by atoms with Crippen molar-refractivity contribution < 1.29 is 0 Å². The molecule has 2 atom stereocenters. The first-order valence-corrected chi connectivity index (χ1v) is 7.80. The molecule has 0 spiro atoms. The normalized spacial score (nSPS) is 34.8. The minimum Gasteiger partial charge on any atom is -0.314 e. The minimum absolute atomic E-state index is 0.607. The molecule has 0 radical (unpaired) electrons. The Kier molecular flexibility index (Phi) is 4.52. The lowest BCUT2D eigenvalue weighted by molar-refractivity contribution is 0.186. The lowest BCUT2D eigenvalue weighted by atomic mass is 9.75. The average Bonchev–Trinajstić information content (AvgIpc) is 2.30. The van der Waals surface area contributed by atoms with E-state index >= 15 is 0 Å². The third-order valence-corrected chi connectivity index (χ3v) is 5.30. The highest BCUT2D eigenvalue weighted by Gasteiger charge is 2.27. The molecule has 2 saturated carbocycles. The van der Waals surface area contributed by atoms with Crippen LogP contribution < -0.4 is 5.32 Å².